The minimum atomic E-state index is -0.781. The van der Waals surface area contributed by atoms with E-state index in [1.54, 1.807) is 12.1 Å². The summed E-state index contributed by atoms with van der Waals surface area (Å²) < 4.78 is 0. The van der Waals surface area contributed by atoms with Crippen molar-refractivity contribution in [3.05, 3.63) is 33.8 Å². The molecule has 2 unspecified atom stereocenters. The lowest BCUT2D eigenvalue weighted by atomic mass is 9.94. The van der Waals surface area contributed by atoms with Crippen LogP contribution in [-0.2, 0) is 11.2 Å². The van der Waals surface area contributed by atoms with Crippen molar-refractivity contribution in [2.24, 2.45) is 0 Å². The molecule has 3 nitrogen and oxygen atoms in total. The van der Waals surface area contributed by atoms with Crippen LogP contribution in [0.5, 0.6) is 0 Å². The molecular weight excluding hydrogens is 273 g/mol. The smallest absolute Gasteiger partial charge is 0.320 e. The van der Waals surface area contributed by atoms with Crippen molar-refractivity contribution in [2.45, 2.75) is 37.8 Å². The van der Waals surface area contributed by atoms with Crippen LogP contribution in [0.3, 0.4) is 0 Å². The average molecular weight is 288 g/mol. The molecule has 18 heavy (non-hydrogen) atoms. The normalized spacial score (nSPS) is 23.9. The highest BCUT2D eigenvalue weighted by atomic mass is 35.5. The van der Waals surface area contributed by atoms with Crippen LogP contribution in [0.15, 0.2) is 18.2 Å². The Morgan fingerprint density at radius 3 is 2.89 bits per heavy atom. The fourth-order valence-electron chi connectivity index (χ4n) is 2.34. The number of carbonyl (C=O) groups is 1. The van der Waals surface area contributed by atoms with Crippen LogP contribution < -0.4 is 5.32 Å². The zero-order valence-electron chi connectivity index (χ0n) is 9.83. The van der Waals surface area contributed by atoms with E-state index in [2.05, 4.69) is 5.32 Å². The first-order valence-corrected chi connectivity index (χ1v) is 6.74. The molecule has 0 saturated carbocycles. The Kier molecular flexibility index (Phi) is 4.49. The van der Waals surface area contributed by atoms with E-state index in [1.165, 1.54) is 0 Å². The topological polar surface area (TPSA) is 49.3 Å². The van der Waals surface area contributed by atoms with E-state index in [1.807, 2.05) is 6.07 Å². The van der Waals surface area contributed by atoms with Gasteiger partial charge in [-0.1, -0.05) is 23.2 Å². The van der Waals surface area contributed by atoms with E-state index >= 15 is 0 Å². The van der Waals surface area contributed by atoms with Crippen LogP contribution in [0, 0.1) is 0 Å². The van der Waals surface area contributed by atoms with Gasteiger partial charge >= 0.3 is 5.97 Å². The van der Waals surface area contributed by atoms with Gasteiger partial charge in [0.2, 0.25) is 0 Å². The third-order valence-electron chi connectivity index (χ3n) is 3.25. The molecule has 1 aromatic carbocycles. The second kappa shape index (κ2) is 5.91. The van der Waals surface area contributed by atoms with Gasteiger partial charge in [0.05, 0.1) is 0 Å². The number of halogens is 2. The molecule has 1 heterocycles. The van der Waals surface area contributed by atoms with Gasteiger partial charge in [-0.3, -0.25) is 4.79 Å². The van der Waals surface area contributed by atoms with Gasteiger partial charge in [-0.15, -0.1) is 0 Å². The molecule has 0 bridgehead atoms. The molecule has 98 valence electrons. The molecule has 5 heteroatoms. The predicted molar refractivity (Wildman–Crippen MR) is 72.4 cm³/mol. The Morgan fingerprint density at radius 2 is 2.17 bits per heavy atom. The molecule has 2 rings (SSSR count). The van der Waals surface area contributed by atoms with Gasteiger partial charge in [0.25, 0.3) is 0 Å². The Bertz CT molecular complexity index is 451. The largest absolute Gasteiger partial charge is 0.480 e. The van der Waals surface area contributed by atoms with Crippen molar-refractivity contribution in [1.29, 1.82) is 0 Å². The van der Waals surface area contributed by atoms with Gasteiger partial charge in [-0.05, 0) is 49.4 Å². The maximum Gasteiger partial charge on any atom is 0.320 e. The SMILES string of the molecule is O=C(O)C1CCCC(Cc2cc(Cl)ccc2Cl)N1. The zero-order valence-corrected chi connectivity index (χ0v) is 11.3. The summed E-state index contributed by atoms with van der Waals surface area (Å²) in [5, 5.41) is 13.5. The summed E-state index contributed by atoms with van der Waals surface area (Å²) in [6.45, 7) is 0. The lowest BCUT2D eigenvalue weighted by molar-refractivity contribution is -0.140. The van der Waals surface area contributed by atoms with Crippen LogP contribution in [-0.4, -0.2) is 23.2 Å². The summed E-state index contributed by atoms with van der Waals surface area (Å²) >= 11 is 12.1. The van der Waals surface area contributed by atoms with Gasteiger partial charge in [0.1, 0.15) is 6.04 Å². The zero-order chi connectivity index (χ0) is 13.1. The van der Waals surface area contributed by atoms with Crippen molar-refractivity contribution in [3.8, 4) is 0 Å². The van der Waals surface area contributed by atoms with Crippen molar-refractivity contribution in [2.75, 3.05) is 0 Å². The van der Waals surface area contributed by atoms with Crippen LogP contribution in [0.2, 0.25) is 10.0 Å². The highest BCUT2D eigenvalue weighted by Gasteiger charge is 2.26. The highest BCUT2D eigenvalue weighted by molar-refractivity contribution is 6.33. The van der Waals surface area contributed by atoms with E-state index in [0.717, 1.165) is 18.4 Å². The molecule has 0 amide bonds. The van der Waals surface area contributed by atoms with E-state index < -0.39 is 12.0 Å². The maximum absolute atomic E-state index is 11.0. The first-order valence-electron chi connectivity index (χ1n) is 5.99. The number of hydrogen-bond acceptors (Lipinski definition) is 2. The van der Waals surface area contributed by atoms with Crippen molar-refractivity contribution >= 4 is 29.2 Å². The summed E-state index contributed by atoms with van der Waals surface area (Å²) in [7, 11) is 0. The molecule has 2 atom stereocenters. The quantitative estimate of drug-likeness (QED) is 0.898. The van der Waals surface area contributed by atoms with Crippen LogP contribution >= 0.6 is 23.2 Å². The predicted octanol–water partition coefficient (Wildman–Crippen LogP) is 3.13. The first kappa shape index (κ1) is 13.7. The number of piperidine rings is 1. The number of rotatable bonds is 3. The van der Waals surface area contributed by atoms with E-state index in [9.17, 15) is 4.79 Å². The van der Waals surface area contributed by atoms with Crippen molar-refractivity contribution in [1.82, 2.24) is 5.32 Å². The molecule has 0 radical (unpaired) electrons. The van der Waals surface area contributed by atoms with Gasteiger partial charge in [-0.25, -0.2) is 0 Å². The van der Waals surface area contributed by atoms with Crippen molar-refractivity contribution in [3.63, 3.8) is 0 Å². The summed E-state index contributed by atoms with van der Waals surface area (Å²) in [5.74, 6) is -0.781. The number of nitrogens with one attached hydrogen (secondary N) is 1. The summed E-state index contributed by atoms with van der Waals surface area (Å²) in [5.41, 5.74) is 0.965. The molecule has 1 aliphatic heterocycles. The minimum absolute atomic E-state index is 0.149. The lowest BCUT2D eigenvalue weighted by Gasteiger charge is -2.28. The Labute approximate surface area is 116 Å². The maximum atomic E-state index is 11.0. The highest BCUT2D eigenvalue weighted by Crippen LogP contribution is 2.24. The number of carboxylic acids is 1. The molecule has 0 aliphatic carbocycles. The Morgan fingerprint density at radius 1 is 1.39 bits per heavy atom. The van der Waals surface area contributed by atoms with Gasteiger partial charge in [0.15, 0.2) is 0 Å². The molecule has 0 aromatic heterocycles. The van der Waals surface area contributed by atoms with Crippen LogP contribution in [0.4, 0.5) is 0 Å². The first-order chi connectivity index (χ1) is 8.56. The fraction of sp³-hybridized carbons (Fsp3) is 0.462. The number of carboxylic acid groups (broad SMARTS) is 1. The number of aliphatic carboxylic acids is 1. The standard InChI is InChI=1S/C13H15Cl2NO2/c14-9-4-5-11(15)8(6-9)7-10-2-1-3-12(16-10)13(17)18/h4-6,10,12,16H,1-3,7H2,(H,17,18). The second-order valence-electron chi connectivity index (χ2n) is 4.63. The summed E-state index contributed by atoms with van der Waals surface area (Å²) in [6.07, 6.45) is 3.29. The Hall–Kier alpha value is -0.770. The molecule has 0 spiro atoms. The van der Waals surface area contributed by atoms with E-state index in [0.29, 0.717) is 22.9 Å². The van der Waals surface area contributed by atoms with E-state index in [-0.39, 0.29) is 6.04 Å². The number of benzene rings is 1. The van der Waals surface area contributed by atoms with Gasteiger partial charge in [-0.2, -0.15) is 0 Å². The van der Waals surface area contributed by atoms with Crippen molar-refractivity contribution < 1.29 is 9.90 Å². The van der Waals surface area contributed by atoms with E-state index in [4.69, 9.17) is 28.3 Å². The Balaban J connectivity index is 2.04. The lowest BCUT2D eigenvalue weighted by Crippen LogP contribution is -2.47. The molecule has 1 fully saturated rings. The summed E-state index contributed by atoms with van der Waals surface area (Å²) in [4.78, 5) is 11.0. The molecular formula is C13H15Cl2NO2. The monoisotopic (exact) mass is 287 g/mol. The third-order valence-corrected chi connectivity index (χ3v) is 3.86. The third kappa shape index (κ3) is 3.37. The minimum Gasteiger partial charge on any atom is -0.480 e. The molecule has 1 aromatic rings. The van der Waals surface area contributed by atoms with Crippen LogP contribution in [0.25, 0.3) is 0 Å². The van der Waals surface area contributed by atoms with Crippen LogP contribution in [0.1, 0.15) is 24.8 Å². The van der Waals surface area contributed by atoms with Gasteiger partial charge in [0, 0.05) is 16.1 Å². The fourth-order valence-corrected chi connectivity index (χ4v) is 2.73. The number of hydrogen-bond donors (Lipinski definition) is 2. The molecule has 1 saturated heterocycles. The molecule has 2 N–H and O–H groups in total. The van der Waals surface area contributed by atoms with Gasteiger partial charge < -0.3 is 10.4 Å². The summed E-state index contributed by atoms with van der Waals surface area (Å²) in [6, 6.07) is 5.08. The molecule has 1 aliphatic rings. The second-order valence-corrected chi connectivity index (χ2v) is 5.47. The average Bonchev–Trinajstić information content (AvgIpc) is 2.34.